The Balaban J connectivity index is 2.35. The number of carboxylic acid groups (broad SMARTS) is 1. The predicted molar refractivity (Wildman–Crippen MR) is 81.1 cm³/mol. The van der Waals surface area contributed by atoms with E-state index >= 15 is 0 Å². The van der Waals surface area contributed by atoms with Crippen molar-refractivity contribution in [1.82, 2.24) is 4.98 Å². The number of ether oxygens (including phenoxy) is 1. The van der Waals surface area contributed by atoms with Crippen molar-refractivity contribution in [2.24, 2.45) is 0 Å². The molecule has 4 heteroatoms. The van der Waals surface area contributed by atoms with Crippen LogP contribution in [0.4, 0.5) is 0 Å². The van der Waals surface area contributed by atoms with Gasteiger partial charge < -0.3 is 9.84 Å². The van der Waals surface area contributed by atoms with Crippen molar-refractivity contribution >= 4 is 5.97 Å². The molecular formula is C17H19NO3. The molecular weight excluding hydrogens is 266 g/mol. The molecule has 0 aliphatic carbocycles. The number of aromatic nitrogens is 1. The van der Waals surface area contributed by atoms with Gasteiger partial charge in [-0.3, -0.25) is 0 Å². The van der Waals surface area contributed by atoms with Crippen LogP contribution in [0.2, 0.25) is 0 Å². The van der Waals surface area contributed by atoms with Crippen molar-refractivity contribution in [3.63, 3.8) is 0 Å². The number of hydrogen-bond acceptors (Lipinski definition) is 3. The van der Waals surface area contributed by atoms with Crippen molar-refractivity contribution in [2.75, 3.05) is 0 Å². The predicted octanol–water partition coefficient (Wildman–Crippen LogP) is 4.18. The zero-order chi connectivity index (χ0) is 15.6. The van der Waals surface area contributed by atoms with Gasteiger partial charge in [0, 0.05) is 11.6 Å². The Morgan fingerprint density at radius 1 is 1.14 bits per heavy atom. The molecule has 0 aliphatic heterocycles. The second-order valence-electron chi connectivity index (χ2n) is 5.94. The molecule has 0 radical (unpaired) electrons. The van der Waals surface area contributed by atoms with Gasteiger partial charge in [0.25, 0.3) is 0 Å². The van der Waals surface area contributed by atoms with Gasteiger partial charge in [0.05, 0.1) is 11.3 Å². The Labute approximate surface area is 124 Å². The number of aryl methyl sites for hydroxylation is 1. The summed E-state index contributed by atoms with van der Waals surface area (Å²) in [7, 11) is 0. The van der Waals surface area contributed by atoms with E-state index in [-0.39, 0.29) is 11.0 Å². The Kier molecular flexibility index (Phi) is 3.98. The van der Waals surface area contributed by atoms with Gasteiger partial charge in [0.15, 0.2) is 0 Å². The van der Waals surface area contributed by atoms with Gasteiger partial charge in [0.1, 0.15) is 5.75 Å². The molecule has 2 aromatic rings. The summed E-state index contributed by atoms with van der Waals surface area (Å²) in [5.41, 5.74) is 1.65. The number of rotatable bonds is 3. The maximum atomic E-state index is 11.0. The molecule has 21 heavy (non-hydrogen) atoms. The highest BCUT2D eigenvalue weighted by atomic mass is 16.5. The second-order valence-corrected chi connectivity index (χ2v) is 5.94. The topological polar surface area (TPSA) is 59.4 Å². The van der Waals surface area contributed by atoms with Gasteiger partial charge in [-0.2, -0.15) is 0 Å². The lowest BCUT2D eigenvalue weighted by Gasteiger charge is -2.22. The van der Waals surface area contributed by atoms with Crippen LogP contribution in [0.5, 0.6) is 11.6 Å². The van der Waals surface area contributed by atoms with Gasteiger partial charge in [-0.1, -0.05) is 39.0 Å². The normalized spacial score (nSPS) is 11.2. The van der Waals surface area contributed by atoms with Crippen LogP contribution >= 0.6 is 0 Å². The first-order valence-corrected chi connectivity index (χ1v) is 6.77. The lowest BCUT2D eigenvalue weighted by atomic mass is 9.86. The summed E-state index contributed by atoms with van der Waals surface area (Å²) in [5, 5.41) is 9.02. The van der Waals surface area contributed by atoms with Crippen molar-refractivity contribution in [3.05, 3.63) is 53.2 Å². The van der Waals surface area contributed by atoms with Crippen LogP contribution in [0, 0.1) is 6.92 Å². The fourth-order valence-corrected chi connectivity index (χ4v) is 2.11. The molecule has 0 unspecified atom stereocenters. The standard InChI is InChI=1S/C17H19NO3/c1-11-12(16(19)20)9-10-15(18-11)21-14-8-6-5-7-13(14)17(2,3)4/h5-10H,1-4H3,(H,19,20). The van der Waals surface area contributed by atoms with Crippen LogP contribution in [0.1, 0.15) is 42.4 Å². The monoisotopic (exact) mass is 285 g/mol. The summed E-state index contributed by atoms with van der Waals surface area (Å²) in [6.07, 6.45) is 0. The van der Waals surface area contributed by atoms with Gasteiger partial charge >= 0.3 is 5.97 Å². The fourth-order valence-electron chi connectivity index (χ4n) is 2.11. The molecule has 0 spiro atoms. The van der Waals surface area contributed by atoms with Crippen LogP contribution in [0.25, 0.3) is 0 Å². The van der Waals surface area contributed by atoms with Crippen molar-refractivity contribution in [3.8, 4) is 11.6 Å². The summed E-state index contributed by atoms with van der Waals surface area (Å²) in [6, 6.07) is 10.9. The molecule has 1 aromatic heterocycles. The van der Waals surface area contributed by atoms with Crippen LogP contribution in [0.15, 0.2) is 36.4 Å². The van der Waals surface area contributed by atoms with E-state index in [1.165, 1.54) is 6.07 Å². The first kappa shape index (κ1) is 15.0. The third-order valence-corrected chi connectivity index (χ3v) is 3.20. The van der Waals surface area contributed by atoms with Gasteiger partial charge in [-0.15, -0.1) is 0 Å². The van der Waals surface area contributed by atoms with Crippen LogP contribution in [0.3, 0.4) is 0 Å². The maximum absolute atomic E-state index is 11.0. The highest BCUT2D eigenvalue weighted by Crippen LogP contribution is 2.33. The largest absolute Gasteiger partial charge is 0.478 e. The molecule has 0 aliphatic rings. The molecule has 1 aromatic carbocycles. The minimum Gasteiger partial charge on any atom is -0.478 e. The third-order valence-electron chi connectivity index (χ3n) is 3.20. The van der Waals surface area contributed by atoms with E-state index in [0.717, 1.165) is 11.3 Å². The van der Waals surface area contributed by atoms with E-state index in [1.807, 2.05) is 24.3 Å². The fraction of sp³-hybridized carbons (Fsp3) is 0.294. The van der Waals surface area contributed by atoms with E-state index in [9.17, 15) is 4.79 Å². The van der Waals surface area contributed by atoms with Crippen molar-refractivity contribution in [1.29, 1.82) is 0 Å². The minimum absolute atomic E-state index is 0.0490. The average Bonchev–Trinajstić information content (AvgIpc) is 2.37. The lowest BCUT2D eigenvalue weighted by Crippen LogP contribution is -2.12. The van der Waals surface area contributed by atoms with Crippen LogP contribution < -0.4 is 4.74 Å². The molecule has 1 N–H and O–H groups in total. The zero-order valence-electron chi connectivity index (χ0n) is 12.7. The molecule has 0 bridgehead atoms. The molecule has 0 fully saturated rings. The first-order chi connectivity index (χ1) is 9.79. The van der Waals surface area contributed by atoms with E-state index in [2.05, 4.69) is 25.8 Å². The quantitative estimate of drug-likeness (QED) is 0.919. The van der Waals surface area contributed by atoms with Crippen molar-refractivity contribution < 1.29 is 14.6 Å². The Bertz CT molecular complexity index is 672. The summed E-state index contributed by atoms with van der Waals surface area (Å²) in [6.45, 7) is 8.00. The molecule has 1 heterocycles. The summed E-state index contributed by atoms with van der Waals surface area (Å²) >= 11 is 0. The number of pyridine rings is 1. The molecule has 0 atom stereocenters. The number of aromatic carboxylic acids is 1. The van der Waals surface area contributed by atoms with Crippen molar-refractivity contribution in [2.45, 2.75) is 33.1 Å². The summed E-state index contributed by atoms with van der Waals surface area (Å²) < 4.78 is 5.85. The van der Waals surface area contributed by atoms with Crippen LogP contribution in [-0.4, -0.2) is 16.1 Å². The second kappa shape index (κ2) is 5.56. The van der Waals surface area contributed by atoms with Gasteiger partial charge in [-0.05, 0) is 24.5 Å². The molecule has 2 rings (SSSR count). The third kappa shape index (κ3) is 3.40. The molecule has 110 valence electrons. The highest BCUT2D eigenvalue weighted by Gasteiger charge is 2.19. The number of carbonyl (C=O) groups is 1. The van der Waals surface area contributed by atoms with Gasteiger partial charge in [-0.25, -0.2) is 9.78 Å². The number of hydrogen-bond donors (Lipinski definition) is 1. The summed E-state index contributed by atoms with van der Waals surface area (Å²) in [4.78, 5) is 15.2. The maximum Gasteiger partial charge on any atom is 0.337 e. The Hall–Kier alpha value is -2.36. The number of benzene rings is 1. The first-order valence-electron chi connectivity index (χ1n) is 6.77. The van der Waals surface area contributed by atoms with Gasteiger partial charge in [0.2, 0.25) is 5.88 Å². The number of para-hydroxylation sites is 1. The zero-order valence-corrected chi connectivity index (χ0v) is 12.7. The minimum atomic E-state index is -0.985. The van der Waals surface area contributed by atoms with Crippen LogP contribution in [-0.2, 0) is 5.41 Å². The van der Waals surface area contributed by atoms with E-state index < -0.39 is 5.97 Å². The summed E-state index contributed by atoms with van der Waals surface area (Å²) in [5.74, 6) is 0.149. The molecule has 0 saturated heterocycles. The van der Waals surface area contributed by atoms with E-state index in [1.54, 1.807) is 13.0 Å². The highest BCUT2D eigenvalue weighted by molar-refractivity contribution is 5.88. The average molecular weight is 285 g/mol. The molecule has 0 amide bonds. The smallest absolute Gasteiger partial charge is 0.337 e. The number of nitrogens with zero attached hydrogens (tertiary/aromatic N) is 1. The van der Waals surface area contributed by atoms with E-state index in [0.29, 0.717) is 11.6 Å². The molecule has 0 saturated carbocycles. The SMILES string of the molecule is Cc1nc(Oc2ccccc2C(C)(C)C)ccc1C(=O)O. The van der Waals surface area contributed by atoms with E-state index in [4.69, 9.17) is 9.84 Å². The Morgan fingerprint density at radius 3 is 2.38 bits per heavy atom. The lowest BCUT2D eigenvalue weighted by molar-refractivity contribution is 0.0695. The Morgan fingerprint density at radius 2 is 1.81 bits per heavy atom. The number of carboxylic acids is 1. The molecule has 4 nitrogen and oxygen atoms in total.